The zero-order chi connectivity index (χ0) is 16.6. The summed E-state index contributed by atoms with van der Waals surface area (Å²) >= 11 is 11.2. The van der Waals surface area contributed by atoms with Crippen LogP contribution in [0.3, 0.4) is 0 Å². The number of hydrogen-bond donors (Lipinski definition) is 1. The average molecular weight is 347 g/mol. The molecule has 0 atom stereocenters. The van der Waals surface area contributed by atoms with Crippen molar-refractivity contribution in [3.05, 3.63) is 58.5 Å². The van der Waals surface area contributed by atoms with Crippen molar-refractivity contribution < 1.29 is 14.0 Å². The van der Waals surface area contributed by atoms with E-state index in [9.17, 15) is 9.59 Å². The molecule has 0 bridgehead atoms. The molecule has 0 radical (unpaired) electrons. The van der Waals surface area contributed by atoms with E-state index in [0.717, 1.165) is 5.56 Å². The van der Waals surface area contributed by atoms with Crippen LogP contribution in [0, 0.1) is 6.92 Å². The summed E-state index contributed by atoms with van der Waals surface area (Å²) in [6.07, 6.45) is 2.84. The molecule has 5 nitrogen and oxygen atoms in total. The summed E-state index contributed by atoms with van der Waals surface area (Å²) in [7, 11) is 0. The minimum absolute atomic E-state index is 0.0107. The molecule has 7 heteroatoms. The minimum Gasteiger partial charge on any atom is -0.465 e. The van der Waals surface area contributed by atoms with E-state index in [0.29, 0.717) is 16.5 Å². The highest BCUT2D eigenvalue weighted by atomic mass is 35.5. The summed E-state index contributed by atoms with van der Waals surface area (Å²) < 4.78 is 5.15. The number of thiocarbonyl (C=S) groups is 1. The van der Waals surface area contributed by atoms with Gasteiger partial charge in [0.05, 0.1) is 12.0 Å². The van der Waals surface area contributed by atoms with Crippen molar-refractivity contribution in [2.75, 3.05) is 4.90 Å². The maximum absolute atomic E-state index is 12.7. The van der Waals surface area contributed by atoms with E-state index < -0.39 is 11.8 Å². The predicted octanol–water partition coefficient (Wildman–Crippen LogP) is 3.07. The fraction of sp³-hybridized carbons (Fsp3) is 0.0625. The van der Waals surface area contributed by atoms with Gasteiger partial charge in [-0.05, 0) is 55.0 Å². The second-order valence-corrected chi connectivity index (χ2v) is 5.70. The van der Waals surface area contributed by atoms with Gasteiger partial charge in [-0.15, -0.1) is 0 Å². The maximum Gasteiger partial charge on any atom is 0.270 e. The SMILES string of the molecule is Cc1ccc(N2C(=O)/C(=C/c3ccco3)C(=O)NC2=S)cc1Cl. The number of nitrogens with zero attached hydrogens (tertiary/aromatic N) is 1. The molecule has 1 aromatic heterocycles. The van der Waals surface area contributed by atoms with E-state index in [1.165, 1.54) is 17.2 Å². The Labute approximate surface area is 142 Å². The molecule has 1 aliphatic heterocycles. The van der Waals surface area contributed by atoms with Crippen molar-refractivity contribution in [2.45, 2.75) is 6.92 Å². The lowest BCUT2D eigenvalue weighted by atomic mass is 10.1. The number of nitrogens with one attached hydrogen (secondary N) is 1. The topological polar surface area (TPSA) is 62.6 Å². The Morgan fingerprint density at radius 3 is 2.74 bits per heavy atom. The van der Waals surface area contributed by atoms with Gasteiger partial charge in [-0.1, -0.05) is 17.7 Å². The molecule has 1 saturated heterocycles. The van der Waals surface area contributed by atoms with Gasteiger partial charge in [-0.2, -0.15) is 0 Å². The van der Waals surface area contributed by atoms with E-state index in [1.54, 1.807) is 30.3 Å². The molecule has 1 fully saturated rings. The summed E-state index contributed by atoms with van der Waals surface area (Å²) in [5.41, 5.74) is 1.30. The lowest BCUT2D eigenvalue weighted by Gasteiger charge is -2.29. The van der Waals surface area contributed by atoms with Crippen molar-refractivity contribution in [3.8, 4) is 0 Å². The zero-order valence-corrected chi connectivity index (χ0v) is 13.6. The average Bonchev–Trinajstić information content (AvgIpc) is 3.00. The molecule has 0 unspecified atom stereocenters. The van der Waals surface area contributed by atoms with Crippen molar-refractivity contribution in [2.24, 2.45) is 0 Å². The third-order valence-corrected chi connectivity index (χ3v) is 4.04. The van der Waals surface area contributed by atoms with Crippen LogP contribution in [0.2, 0.25) is 5.02 Å². The fourth-order valence-corrected chi connectivity index (χ4v) is 2.58. The number of aryl methyl sites for hydroxylation is 1. The van der Waals surface area contributed by atoms with Crippen LogP contribution in [0.5, 0.6) is 0 Å². The number of amides is 2. The number of hydrogen-bond acceptors (Lipinski definition) is 4. The molecule has 116 valence electrons. The molecular weight excluding hydrogens is 336 g/mol. The Morgan fingerprint density at radius 1 is 1.30 bits per heavy atom. The number of carbonyl (C=O) groups excluding carboxylic acids is 2. The van der Waals surface area contributed by atoms with Gasteiger partial charge in [0.1, 0.15) is 11.3 Å². The Bertz CT molecular complexity index is 843. The number of carbonyl (C=O) groups is 2. The van der Waals surface area contributed by atoms with Gasteiger partial charge < -0.3 is 4.42 Å². The van der Waals surface area contributed by atoms with Gasteiger partial charge in [0.25, 0.3) is 11.8 Å². The van der Waals surface area contributed by atoms with Crippen molar-refractivity contribution in [3.63, 3.8) is 0 Å². The number of halogens is 1. The zero-order valence-electron chi connectivity index (χ0n) is 12.0. The van der Waals surface area contributed by atoms with Crippen LogP contribution in [0.4, 0.5) is 5.69 Å². The molecule has 0 aliphatic carbocycles. The first-order valence-corrected chi connectivity index (χ1v) is 7.47. The van der Waals surface area contributed by atoms with Gasteiger partial charge in [0.2, 0.25) is 0 Å². The monoisotopic (exact) mass is 346 g/mol. The number of furan rings is 1. The van der Waals surface area contributed by atoms with Gasteiger partial charge in [0.15, 0.2) is 5.11 Å². The summed E-state index contributed by atoms with van der Waals surface area (Å²) in [4.78, 5) is 26.0. The minimum atomic E-state index is -0.564. The van der Waals surface area contributed by atoms with E-state index >= 15 is 0 Å². The van der Waals surface area contributed by atoms with Crippen LogP contribution in [0.1, 0.15) is 11.3 Å². The molecule has 2 aromatic rings. The van der Waals surface area contributed by atoms with Crippen LogP contribution in [-0.4, -0.2) is 16.9 Å². The van der Waals surface area contributed by atoms with E-state index in [-0.39, 0.29) is 10.7 Å². The Morgan fingerprint density at radius 2 is 2.09 bits per heavy atom. The molecule has 3 rings (SSSR count). The maximum atomic E-state index is 12.7. The highest BCUT2D eigenvalue weighted by Crippen LogP contribution is 2.26. The first kappa shape index (κ1) is 15.5. The van der Waals surface area contributed by atoms with Gasteiger partial charge >= 0.3 is 0 Å². The quantitative estimate of drug-likeness (QED) is 0.515. The predicted molar refractivity (Wildman–Crippen MR) is 91.1 cm³/mol. The third-order valence-electron chi connectivity index (χ3n) is 3.35. The molecule has 23 heavy (non-hydrogen) atoms. The standard InChI is InChI=1S/C16H11ClN2O3S/c1-9-4-5-10(7-13(9)17)19-15(21)12(14(20)18-16(19)23)8-11-3-2-6-22-11/h2-8H,1H3,(H,18,20,23)/b12-8+. The molecule has 1 aromatic carbocycles. The first-order valence-electron chi connectivity index (χ1n) is 6.68. The molecule has 0 saturated carbocycles. The van der Waals surface area contributed by atoms with Crippen molar-refractivity contribution in [1.29, 1.82) is 0 Å². The highest BCUT2D eigenvalue weighted by molar-refractivity contribution is 7.80. The molecule has 0 spiro atoms. The van der Waals surface area contributed by atoms with Crippen LogP contribution < -0.4 is 10.2 Å². The number of rotatable bonds is 2. The summed E-state index contributed by atoms with van der Waals surface area (Å²) in [5.74, 6) is -0.695. The van der Waals surface area contributed by atoms with E-state index in [4.69, 9.17) is 28.2 Å². The smallest absolute Gasteiger partial charge is 0.270 e. The largest absolute Gasteiger partial charge is 0.465 e. The van der Waals surface area contributed by atoms with Crippen LogP contribution >= 0.6 is 23.8 Å². The summed E-state index contributed by atoms with van der Waals surface area (Å²) in [6.45, 7) is 1.85. The van der Waals surface area contributed by atoms with E-state index in [2.05, 4.69) is 5.32 Å². The molecule has 1 aliphatic rings. The number of benzene rings is 1. The first-order chi connectivity index (χ1) is 11.0. The molecule has 2 heterocycles. The van der Waals surface area contributed by atoms with Crippen LogP contribution in [0.15, 0.2) is 46.6 Å². The third kappa shape index (κ3) is 2.91. The van der Waals surface area contributed by atoms with Crippen LogP contribution in [0.25, 0.3) is 6.08 Å². The summed E-state index contributed by atoms with van der Waals surface area (Å²) in [5, 5.41) is 3.02. The van der Waals surface area contributed by atoms with Gasteiger partial charge in [-0.25, -0.2) is 0 Å². The lowest BCUT2D eigenvalue weighted by Crippen LogP contribution is -2.54. The molecule has 1 N–H and O–H groups in total. The van der Waals surface area contributed by atoms with E-state index in [1.807, 2.05) is 6.92 Å². The molecule has 2 amide bonds. The van der Waals surface area contributed by atoms with Gasteiger partial charge in [0, 0.05) is 5.02 Å². The van der Waals surface area contributed by atoms with Gasteiger partial charge in [-0.3, -0.25) is 19.8 Å². The second-order valence-electron chi connectivity index (χ2n) is 4.91. The summed E-state index contributed by atoms with van der Waals surface area (Å²) in [6, 6.07) is 8.43. The Hall–Kier alpha value is -2.44. The Kier molecular flexibility index (Phi) is 4.02. The number of anilines is 1. The lowest BCUT2D eigenvalue weighted by molar-refractivity contribution is -0.122. The van der Waals surface area contributed by atoms with Crippen LogP contribution in [-0.2, 0) is 9.59 Å². The second kappa shape index (κ2) is 5.98. The highest BCUT2D eigenvalue weighted by Gasteiger charge is 2.34. The fourth-order valence-electron chi connectivity index (χ4n) is 2.13. The molecular formula is C16H11ClN2O3S. The van der Waals surface area contributed by atoms with Crippen molar-refractivity contribution in [1.82, 2.24) is 5.32 Å². The Balaban J connectivity index is 2.03. The van der Waals surface area contributed by atoms with Crippen molar-refractivity contribution >= 4 is 52.5 Å². The normalized spacial score (nSPS) is 16.9.